The minimum atomic E-state index is -3.10. The van der Waals surface area contributed by atoms with Crippen LogP contribution in [-0.2, 0) is 23.8 Å². The molecular formula is C15H14ClF2NO6. The molecule has 0 N–H and O–H groups in total. The highest BCUT2D eigenvalue weighted by atomic mass is 35.5. The van der Waals surface area contributed by atoms with Gasteiger partial charge in [0.2, 0.25) is 0 Å². The molecule has 1 aliphatic heterocycles. The van der Waals surface area contributed by atoms with Crippen LogP contribution in [0, 0.1) is 0 Å². The number of alkyl halides is 2. The Hall–Kier alpha value is -2.39. The second-order valence-corrected chi connectivity index (χ2v) is 5.14. The van der Waals surface area contributed by atoms with Crippen LogP contribution < -0.4 is 9.64 Å². The van der Waals surface area contributed by atoms with Crippen molar-refractivity contribution in [3.05, 3.63) is 34.5 Å². The first kappa shape index (κ1) is 18.9. The van der Waals surface area contributed by atoms with Gasteiger partial charge < -0.3 is 23.8 Å². The van der Waals surface area contributed by atoms with Crippen LogP contribution in [-0.4, -0.2) is 46.1 Å². The van der Waals surface area contributed by atoms with Crippen molar-refractivity contribution in [2.24, 2.45) is 0 Å². The number of esters is 2. The maximum absolute atomic E-state index is 12.7. The lowest BCUT2D eigenvalue weighted by Gasteiger charge is -2.32. The minimum absolute atomic E-state index is 0.00861. The number of halogens is 3. The van der Waals surface area contributed by atoms with Crippen molar-refractivity contribution >= 4 is 29.2 Å². The van der Waals surface area contributed by atoms with Crippen LogP contribution in [0.2, 0.25) is 5.02 Å². The van der Waals surface area contributed by atoms with E-state index in [1.54, 1.807) is 0 Å². The molecule has 10 heteroatoms. The standard InChI is InChI=1S/C15H14ClF2NO6/c1-22-13(20)9-6-24-7-19(12(9)14(21)23-2)10-5-8(16)3-4-11(10)25-15(17)18/h3-5,15H,6-7H2,1-2H3. The number of rotatable bonds is 5. The van der Waals surface area contributed by atoms with Gasteiger partial charge in [0.15, 0.2) is 0 Å². The number of ether oxygens (including phenoxy) is 4. The van der Waals surface area contributed by atoms with Gasteiger partial charge in [-0.15, -0.1) is 0 Å². The number of carbonyl (C=O) groups is 2. The number of anilines is 1. The zero-order valence-corrected chi connectivity index (χ0v) is 14.0. The number of benzene rings is 1. The lowest BCUT2D eigenvalue weighted by molar-refractivity contribution is -0.140. The molecule has 0 bridgehead atoms. The molecule has 0 spiro atoms. The molecule has 0 amide bonds. The fourth-order valence-electron chi connectivity index (χ4n) is 2.23. The predicted molar refractivity (Wildman–Crippen MR) is 82.4 cm³/mol. The van der Waals surface area contributed by atoms with Gasteiger partial charge >= 0.3 is 18.6 Å². The van der Waals surface area contributed by atoms with E-state index in [4.69, 9.17) is 21.1 Å². The Balaban J connectivity index is 2.61. The van der Waals surface area contributed by atoms with E-state index in [9.17, 15) is 18.4 Å². The van der Waals surface area contributed by atoms with E-state index in [1.807, 2.05) is 0 Å². The molecule has 0 fully saturated rings. The summed E-state index contributed by atoms with van der Waals surface area (Å²) in [6.07, 6.45) is 0. The van der Waals surface area contributed by atoms with Gasteiger partial charge in [0.1, 0.15) is 18.2 Å². The van der Waals surface area contributed by atoms with Crippen molar-refractivity contribution in [3.63, 3.8) is 0 Å². The van der Waals surface area contributed by atoms with Crippen LogP contribution in [0.3, 0.4) is 0 Å². The van der Waals surface area contributed by atoms with E-state index >= 15 is 0 Å². The third kappa shape index (κ3) is 4.18. The van der Waals surface area contributed by atoms with Gasteiger partial charge in [-0.3, -0.25) is 0 Å². The fourth-order valence-corrected chi connectivity index (χ4v) is 2.40. The zero-order chi connectivity index (χ0) is 18.6. The van der Waals surface area contributed by atoms with E-state index < -0.39 is 18.6 Å². The topological polar surface area (TPSA) is 74.3 Å². The average molecular weight is 378 g/mol. The summed E-state index contributed by atoms with van der Waals surface area (Å²) in [5.41, 5.74) is -0.320. The molecule has 1 aliphatic rings. The Labute approximate surface area is 146 Å². The van der Waals surface area contributed by atoms with Gasteiger partial charge in [-0.05, 0) is 18.2 Å². The Bertz CT molecular complexity index is 709. The summed E-state index contributed by atoms with van der Waals surface area (Å²) in [5, 5.41) is 0.200. The maximum atomic E-state index is 12.7. The second-order valence-electron chi connectivity index (χ2n) is 4.71. The Kier molecular flexibility index (Phi) is 6.16. The van der Waals surface area contributed by atoms with Crippen LogP contribution in [0.5, 0.6) is 5.75 Å². The van der Waals surface area contributed by atoms with E-state index in [1.165, 1.54) is 18.2 Å². The Morgan fingerprint density at radius 3 is 2.52 bits per heavy atom. The molecule has 0 aromatic heterocycles. The normalized spacial score (nSPS) is 14.6. The molecular weight excluding hydrogens is 364 g/mol. The number of nitrogens with zero attached hydrogens (tertiary/aromatic N) is 1. The highest BCUT2D eigenvalue weighted by molar-refractivity contribution is 6.31. The van der Waals surface area contributed by atoms with E-state index in [0.717, 1.165) is 19.1 Å². The summed E-state index contributed by atoms with van der Waals surface area (Å²) in [7, 11) is 2.25. The van der Waals surface area contributed by atoms with Crippen molar-refractivity contribution in [2.75, 3.05) is 32.5 Å². The monoisotopic (exact) mass is 377 g/mol. The highest BCUT2D eigenvalue weighted by Crippen LogP contribution is 2.37. The molecule has 0 unspecified atom stereocenters. The second kappa shape index (κ2) is 8.13. The van der Waals surface area contributed by atoms with Crippen LogP contribution in [0.25, 0.3) is 0 Å². The van der Waals surface area contributed by atoms with Gasteiger partial charge in [0, 0.05) is 5.02 Å². The first-order chi connectivity index (χ1) is 11.9. The third-order valence-corrected chi connectivity index (χ3v) is 3.50. The molecule has 7 nitrogen and oxygen atoms in total. The van der Waals surface area contributed by atoms with E-state index in [-0.39, 0.29) is 41.1 Å². The minimum Gasteiger partial charge on any atom is -0.466 e. The highest BCUT2D eigenvalue weighted by Gasteiger charge is 2.34. The smallest absolute Gasteiger partial charge is 0.387 e. The van der Waals surface area contributed by atoms with Crippen LogP contribution in [0.1, 0.15) is 0 Å². The number of hydrogen-bond donors (Lipinski definition) is 0. The van der Waals surface area contributed by atoms with E-state index in [0.29, 0.717) is 0 Å². The van der Waals surface area contributed by atoms with E-state index in [2.05, 4.69) is 9.47 Å². The predicted octanol–water partition coefficient (Wildman–Crippen LogP) is 2.34. The zero-order valence-electron chi connectivity index (χ0n) is 13.3. The SMILES string of the molecule is COC(=O)C1=C(C(=O)OC)N(c2cc(Cl)ccc2OC(F)F)COC1. The number of hydrogen-bond acceptors (Lipinski definition) is 7. The largest absolute Gasteiger partial charge is 0.466 e. The summed E-state index contributed by atoms with van der Waals surface area (Å²) in [4.78, 5) is 25.3. The number of carbonyl (C=O) groups excluding carboxylic acids is 2. The van der Waals surface area contributed by atoms with Crippen molar-refractivity contribution < 1.29 is 37.3 Å². The molecule has 0 saturated heterocycles. The molecule has 0 radical (unpaired) electrons. The Morgan fingerprint density at radius 1 is 1.24 bits per heavy atom. The molecule has 1 aromatic carbocycles. The molecule has 1 heterocycles. The molecule has 136 valence electrons. The van der Waals surface area contributed by atoms with Crippen molar-refractivity contribution in [1.29, 1.82) is 0 Å². The summed E-state index contributed by atoms with van der Waals surface area (Å²) < 4.78 is 44.4. The average Bonchev–Trinajstić information content (AvgIpc) is 2.60. The first-order valence-corrected chi connectivity index (χ1v) is 7.26. The van der Waals surface area contributed by atoms with Crippen LogP contribution >= 0.6 is 11.6 Å². The molecule has 1 aromatic rings. The lowest BCUT2D eigenvalue weighted by Crippen LogP contribution is -2.39. The van der Waals surface area contributed by atoms with Gasteiger partial charge in [-0.25, -0.2) is 9.59 Å². The van der Waals surface area contributed by atoms with Crippen LogP contribution in [0.15, 0.2) is 29.5 Å². The quantitative estimate of drug-likeness (QED) is 0.729. The van der Waals surface area contributed by atoms with Crippen molar-refractivity contribution in [1.82, 2.24) is 0 Å². The summed E-state index contributed by atoms with van der Waals surface area (Å²) in [5.74, 6) is -1.94. The fraction of sp³-hybridized carbons (Fsp3) is 0.333. The lowest BCUT2D eigenvalue weighted by atomic mass is 10.1. The molecule has 25 heavy (non-hydrogen) atoms. The third-order valence-electron chi connectivity index (χ3n) is 3.26. The maximum Gasteiger partial charge on any atom is 0.387 e. The Morgan fingerprint density at radius 2 is 1.92 bits per heavy atom. The van der Waals surface area contributed by atoms with Crippen molar-refractivity contribution in [3.8, 4) is 5.75 Å². The molecule has 2 rings (SSSR count). The van der Waals surface area contributed by atoms with Gasteiger partial charge in [0.05, 0.1) is 32.1 Å². The molecule has 0 aliphatic carbocycles. The summed E-state index contributed by atoms with van der Waals surface area (Å²) >= 11 is 5.93. The van der Waals surface area contributed by atoms with Gasteiger partial charge in [-0.2, -0.15) is 8.78 Å². The van der Waals surface area contributed by atoms with Gasteiger partial charge in [-0.1, -0.05) is 11.6 Å². The van der Waals surface area contributed by atoms with Crippen molar-refractivity contribution in [2.45, 2.75) is 6.61 Å². The summed E-state index contributed by atoms with van der Waals surface area (Å²) in [6, 6.07) is 3.85. The summed E-state index contributed by atoms with van der Waals surface area (Å²) in [6.45, 7) is -3.53. The first-order valence-electron chi connectivity index (χ1n) is 6.88. The molecule has 0 saturated carbocycles. The number of methoxy groups -OCH3 is 2. The van der Waals surface area contributed by atoms with Gasteiger partial charge in [0.25, 0.3) is 0 Å². The molecule has 0 atom stereocenters. The van der Waals surface area contributed by atoms with Crippen LogP contribution in [0.4, 0.5) is 14.5 Å².